The van der Waals surface area contributed by atoms with E-state index in [1.807, 2.05) is 0 Å². The SMILES string of the molecule is C#CCOCCOCCOCCOCCOCCOCCOCCOCCOCCOC1CCNCC1. The van der Waals surface area contributed by atoms with E-state index in [0.29, 0.717) is 132 Å². The summed E-state index contributed by atoms with van der Waals surface area (Å²) in [6, 6.07) is 0. The van der Waals surface area contributed by atoms with Crippen LogP contribution in [0.4, 0.5) is 0 Å². The number of hydrogen-bond acceptors (Lipinski definition) is 11. The van der Waals surface area contributed by atoms with Crippen molar-refractivity contribution in [3.8, 4) is 12.3 Å². The standard InChI is InChI=1S/C26H49NO10/c1-2-7-28-8-9-29-10-11-30-12-13-31-14-15-32-16-17-33-18-19-34-20-21-35-22-23-36-24-25-37-26-3-5-27-6-4-26/h1,26-27H,3-25H2. The van der Waals surface area contributed by atoms with Crippen LogP contribution in [0.15, 0.2) is 0 Å². The van der Waals surface area contributed by atoms with E-state index in [2.05, 4.69) is 11.2 Å². The zero-order valence-electron chi connectivity index (χ0n) is 22.5. The molecule has 0 aromatic heterocycles. The van der Waals surface area contributed by atoms with Gasteiger partial charge in [0.25, 0.3) is 0 Å². The highest BCUT2D eigenvalue weighted by Crippen LogP contribution is 2.06. The van der Waals surface area contributed by atoms with Crippen molar-refractivity contribution in [3.05, 3.63) is 0 Å². The van der Waals surface area contributed by atoms with E-state index in [0.717, 1.165) is 25.9 Å². The fourth-order valence-electron chi connectivity index (χ4n) is 3.13. The molecule has 0 bridgehead atoms. The van der Waals surface area contributed by atoms with Crippen LogP contribution in [0.2, 0.25) is 0 Å². The summed E-state index contributed by atoms with van der Waals surface area (Å²) in [5.41, 5.74) is 0. The Kier molecular flexibility index (Phi) is 27.4. The maximum Gasteiger partial charge on any atom is 0.107 e. The lowest BCUT2D eigenvalue weighted by Gasteiger charge is -2.22. The minimum absolute atomic E-state index is 0.312. The van der Waals surface area contributed by atoms with Crippen molar-refractivity contribution in [2.24, 2.45) is 0 Å². The van der Waals surface area contributed by atoms with Gasteiger partial charge >= 0.3 is 0 Å². The molecule has 1 aliphatic heterocycles. The molecule has 1 rings (SSSR count). The maximum atomic E-state index is 5.78. The van der Waals surface area contributed by atoms with Crippen molar-refractivity contribution in [2.75, 3.05) is 139 Å². The fourth-order valence-corrected chi connectivity index (χ4v) is 3.13. The lowest BCUT2D eigenvalue weighted by molar-refractivity contribution is -0.0321. The minimum atomic E-state index is 0.312. The van der Waals surface area contributed by atoms with Gasteiger partial charge in [-0.1, -0.05) is 5.92 Å². The van der Waals surface area contributed by atoms with Gasteiger partial charge < -0.3 is 52.7 Å². The van der Waals surface area contributed by atoms with E-state index in [4.69, 9.17) is 53.8 Å². The highest BCUT2D eigenvalue weighted by atomic mass is 16.6. The Bertz CT molecular complexity index is 488. The Labute approximate surface area is 223 Å². The molecule has 0 saturated carbocycles. The van der Waals surface area contributed by atoms with Crippen LogP contribution in [0, 0.1) is 12.3 Å². The van der Waals surface area contributed by atoms with Crippen LogP contribution in [-0.4, -0.2) is 145 Å². The molecule has 1 N–H and O–H groups in total. The normalized spacial score (nSPS) is 14.2. The number of nitrogens with one attached hydrogen (secondary N) is 1. The third-order valence-electron chi connectivity index (χ3n) is 5.03. The minimum Gasteiger partial charge on any atom is -0.377 e. The molecule has 0 unspecified atom stereocenters. The summed E-state index contributed by atoms with van der Waals surface area (Å²) in [6.45, 7) is 12.1. The van der Waals surface area contributed by atoms with Crippen LogP contribution < -0.4 is 5.32 Å². The quantitative estimate of drug-likeness (QED) is 0.107. The van der Waals surface area contributed by atoms with E-state index in [-0.39, 0.29) is 0 Å². The van der Waals surface area contributed by atoms with Crippen LogP contribution in [0.25, 0.3) is 0 Å². The second-order valence-corrected chi connectivity index (χ2v) is 7.98. The van der Waals surface area contributed by atoms with Crippen molar-refractivity contribution in [2.45, 2.75) is 18.9 Å². The number of ether oxygens (including phenoxy) is 10. The Morgan fingerprint density at radius 3 is 1.08 bits per heavy atom. The van der Waals surface area contributed by atoms with E-state index in [1.165, 1.54) is 0 Å². The molecule has 0 amide bonds. The summed E-state index contributed by atoms with van der Waals surface area (Å²) in [5.74, 6) is 2.40. The molecule has 0 radical (unpaired) electrons. The third-order valence-corrected chi connectivity index (χ3v) is 5.03. The first-order valence-corrected chi connectivity index (χ1v) is 13.4. The largest absolute Gasteiger partial charge is 0.377 e. The highest BCUT2D eigenvalue weighted by Gasteiger charge is 2.12. The summed E-state index contributed by atoms with van der Waals surface area (Å²) >= 11 is 0. The lowest BCUT2D eigenvalue weighted by atomic mass is 10.1. The van der Waals surface area contributed by atoms with Gasteiger partial charge in [-0.05, 0) is 25.9 Å². The molecule has 37 heavy (non-hydrogen) atoms. The molecule has 0 aromatic rings. The highest BCUT2D eigenvalue weighted by molar-refractivity contribution is 4.82. The second-order valence-electron chi connectivity index (χ2n) is 7.98. The average molecular weight is 536 g/mol. The van der Waals surface area contributed by atoms with Gasteiger partial charge in [-0.15, -0.1) is 6.42 Å². The fraction of sp³-hybridized carbons (Fsp3) is 0.923. The number of hydrogen-bond donors (Lipinski definition) is 1. The summed E-state index contributed by atoms with van der Waals surface area (Å²) in [6.07, 6.45) is 7.61. The van der Waals surface area contributed by atoms with Crippen molar-refractivity contribution in [1.82, 2.24) is 5.32 Å². The zero-order valence-corrected chi connectivity index (χ0v) is 22.5. The predicted molar refractivity (Wildman–Crippen MR) is 138 cm³/mol. The van der Waals surface area contributed by atoms with Gasteiger partial charge in [0.1, 0.15) is 6.61 Å². The molecule has 11 nitrogen and oxygen atoms in total. The van der Waals surface area contributed by atoms with Crippen molar-refractivity contribution in [1.29, 1.82) is 0 Å². The Balaban J connectivity index is 1.61. The average Bonchev–Trinajstić information content (AvgIpc) is 2.93. The zero-order chi connectivity index (χ0) is 26.3. The number of terminal acetylenes is 1. The smallest absolute Gasteiger partial charge is 0.107 e. The van der Waals surface area contributed by atoms with E-state index < -0.39 is 0 Å². The Morgan fingerprint density at radius 1 is 0.459 bits per heavy atom. The first-order valence-electron chi connectivity index (χ1n) is 13.4. The summed E-state index contributed by atoms with van der Waals surface area (Å²) in [5, 5.41) is 3.32. The Hall–Kier alpha value is -0.880. The molecule has 0 atom stereocenters. The summed E-state index contributed by atoms with van der Waals surface area (Å²) in [4.78, 5) is 0. The van der Waals surface area contributed by atoms with Crippen LogP contribution in [0.5, 0.6) is 0 Å². The van der Waals surface area contributed by atoms with Gasteiger partial charge in [0.15, 0.2) is 0 Å². The monoisotopic (exact) mass is 535 g/mol. The first kappa shape index (κ1) is 34.1. The molecule has 218 valence electrons. The Morgan fingerprint density at radius 2 is 0.757 bits per heavy atom. The lowest BCUT2D eigenvalue weighted by Crippen LogP contribution is -2.33. The van der Waals surface area contributed by atoms with E-state index in [9.17, 15) is 0 Å². The van der Waals surface area contributed by atoms with E-state index in [1.54, 1.807) is 0 Å². The van der Waals surface area contributed by atoms with Gasteiger partial charge in [-0.3, -0.25) is 0 Å². The van der Waals surface area contributed by atoms with Crippen molar-refractivity contribution in [3.63, 3.8) is 0 Å². The van der Waals surface area contributed by atoms with Gasteiger partial charge in [0.2, 0.25) is 0 Å². The maximum absolute atomic E-state index is 5.78. The van der Waals surface area contributed by atoms with Crippen molar-refractivity contribution >= 4 is 0 Å². The van der Waals surface area contributed by atoms with Crippen LogP contribution in [-0.2, 0) is 47.4 Å². The topological polar surface area (TPSA) is 104 Å². The second kappa shape index (κ2) is 29.7. The molecule has 0 spiro atoms. The van der Waals surface area contributed by atoms with E-state index >= 15 is 0 Å². The summed E-state index contributed by atoms with van der Waals surface area (Å²) in [7, 11) is 0. The van der Waals surface area contributed by atoms with Gasteiger partial charge in [0, 0.05) is 0 Å². The van der Waals surface area contributed by atoms with Gasteiger partial charge in [0.05, 0.1) is 125 Å². The molecular formula is C26H49NO10. The van der Waals surface area contributed by atoms with Gasteiger partial charge in [-0.25, -0.2) is 0 Å². The number of piperidine rings is 1. The van der Waals surface area contributed by atoms with Crippen LogP contribution >= 0.6 is 0 Å². The molecule has 1 heterocycles. The molecule has 0 aliphatic carbocycles. The molecule has 0 aromatic carbocycles. The third kappa shape index (κ3) is 26.5. The molecular weight excluding hydrogens is 486 g/mol. The molecule has 11 heteroatoms. The number of rotatable bonds is 29. The first-order chi connectivity index (χ1) is 18.4. The van der Waals surface area contributed by atoms with Crippen LogP contribution in [0.3, 0.4) is 0 Å². The molecule has 1 aliphatic rings. The van der Waals surface area contributed by atoms with Crippen LogP contribution in [0.1, 0.15) is 12.8 Å². The molecule has 1 saturated heterocycles. The van der Waals surface area contributed by atoms with Gasteiger partial charge in [-0.2, -0.15) is 0 Å². The predicted octanol–water partition coefficient (Wildman–Crippen LogP) is 0.538. The molecule has 1 fully saturated rings. The van der Waals surface area contributed by atoms with Crippen molar-refractivity contribution < 1.29 is 47.4 Å². The summed E-state index contributed by atoms with van der Waals surface area (Å²) < 4.78 is 54.4.